The van der Waals surface area contributed by atoms with Crippen LogP contribution in [0.2, 0.25) is 0 Å². The molecule has 2 saturated heterocycles. The third-order valence-corrected chi connectivity index (χ3v) is 6.16. The van der Waals surface area contributed by atoms with Crippen LogP contribution in [-0.2, 0) is 6.61 Å². The van der Waals surface area contributed by atoms with Gasteiger partial charge in [0.1, 0.15) is 11.6 Å². The Morgan fingerprint density at radius 3 is 2.61 bits per heavy atom. The Morgan fingerprint density at radius 2 is 1.97 bits per heavy atom. The van der Waals surface area contributed by atoms with Gasteiger partial charge in [0, 0.05) is 41.3 Å². The van der Waals surface area contributed by atoms with Crippen molar-refractivity contribution in [2.24, 2.45) is 0 Å². The minimum absolute atomic E-state index is 0.0486. The van der Waals surface area contributed by atoms with Gasteiger partial charge in [-0.3, -0.25) is 10.1 Å². The molecule has 2 aliphatic heterocycles. The monoisotopic (exact) mass is 423 g/mol. The van der Waals surface area contributed by atoms with Crippen molar-refractivity contribution >= 4 is 34.4 Å². The molecule has 3 aromatic heterocycles. The van der Waals surface area contributed by atoms with Crippen LogP contribution in [0.15, 0.2) is 24.3 Å². The van der Waals surface area contributed by atoms with Crippen molar-refractivity contribution in [1.29, 1.82) is 0 Å². The van der Waals surface area contributed by atoms with Gasteiger partial charge in [-0.2, -0.15) is 5.10 Å². The van der Waals surface area contributed by atoms with Gasteiger partial charge in [-0.1, -0.05) is 0 Å². The van der Waals surface area contributed by atoms with E-state index in [4.69, 9.17) is 4.98 Å². The molecule has 1 amide bonds. The smallest absolute Gasteiger partial charge is 0.407 e. The van der Waals surface area contributed by atoms with Crippen LogP contribution >= 0.6 is 0 Å². The van der Waals surface area contributed by atoms with Gasteiger partial charge in [0.15, 0.2) is 5.82 Å². The first-order valence-electron chi connectivity index (χ1n) is 10.5. The van der Waals surface area contributed by atoms with E-state index in [1.807, 2.05) is 25.1 Å². The minimum atomic E-state index is -0.823. The van der Waals surface area contributed by atoms with Crippen molar-refractivity contribution < 1.29 is 15.0 Å². The number of piperidine rings is 1. The van der Waals surface area contributed by atoms with Crippen molar-refractivity contribution in [3.8, 4) is 0 Å². The molecule has 162 valence electrons. The van der Waals surface area contributed by atoms with Crippen LogP contribution in [-0.4, -0.2) is 59.5 Å². The number of hydrogen-bond acceptors (Lipinski definition) is 7. The van der Waals surface area contributed by atoms with Gasteiger partial charge in [-0.25, -0.2) is 9.78 Å². The van der Waals surface area contributed by atoms with Crippen LogP contribution < -0.4 is 10.6 Å². The summed E-state index contributed by atoms with van der Waals surface area (Å²) in [5.74, 6) is 1.94. The lowest BCUT2D eigenvalue weighted by Crippen LogP contribution is -2.49. The molecule has 2 aliphatic rings. The summed E-state index contributed by atoms with van der Waals surface area (Å²) in [4.78, 5) is 22.5. The highest BCUT2D eigenvalue weighted by Crippen LogP contribution is 2.37. The van der Waals surface area contributed by atoms with Crippen molar-refractivity contribution in [3.63, 3.8) is 0 Å². The number of pyridine rings is 2. The molecule has 31 heavy (non-hydrogen) atoms. The Labute approximate surface area is 178 Å². The SMILES string of the molecule is Cc1cc(Nc2cc3nc(CO)ccc3c(NC3C[C@H]4CC[C@@H](C3)N4C(=O)O)n2)n[nH]1. The molecule has 5 heterocycles. The van der Waals surface area contributed by atoms with Crippen molar-refractivity contribution in [2.45, 2.75) is 57.3 Å². The van der Waals surface area contributed by atoms with E-state index in [0.29, 0.717) is 28.7 Å². The van der Waals surface area contributed by atoms with Gasteiger partial charge in [-0.05, 0) is 44.7 Å². The van der Waals surface area contributed by atoms with E-state index in [0.717, 1.165) is 36.8 Å². The number of aliphatic hydroxyl groups is 1. The Kier molecular flexibility index (Phi) is 4.85. The molecule has 10 nitrogen and oxygen atoms in total. The summed E-state index contributed by atoms with van der Waals surface area (Å²) in [6.07, 6.45) is 2.50. The number of aryl methyl sites for hydroxylation is 1. The normalized spacial score (nSPS) is 22.6. The zero-order chi connectivity index (χ0) is 21.5. The van der Waals surface area contributed by atoms with E-state index in [-0.39, 0.29) is 24.7 Å². The highest BCUT2D eigenvalue weighted by atomic mass is 16.4. The number of nitrogens with zero attached hydrogens (tertiary/aromatic N) is 4. The van der Waals surface area contributed by atoms with Crippen LogP contribution in [0.3, 0.4) is 0 Å². The predicted molar refractivity (Wildman–Crippen MR) is 115 cm³/mol. The maximum atomic E-state index is 11.6. The molecule has 5 rings (SSSR count). The number of carbonyl (C=O) groups is 1. The van der Waals surface area contributed by atoms with Crippen LogP contribution in [0.5, 0.6) is 0 Å². The van der Waals surface area contributed by atoms with Gasteiger partial charge in [0.2, 0.25) is 0 Å². The maximum Gasteiger partial charge on any atom is 0.407 e. The molecular weight excluding hydrogens is 398 g/mol. The second-order valence-electron chi connectivity index (χ2n) is 8.33. The maximum absolute atomic E-state index is 11.6. The van der Waals surface area contributed by atoms with Gasteiger partial charge in [0.05, 0.1) is 17.8 Å². The summed E-state index contributed by atoms with van der Waals surface area (Å²) in [7, 11) is 0. The van der Waals surface area contributed by atoms with E-state index < -0.39 is 6.09 Å². The molecule has 2 bridgehead atoms. The zero-order valence-corrected chi connectivity index (χ0v) is 17.2. The molecule has 0 aromatic carbocycles. The van der Waals surface area contributed by atoms with Crippen LogP contribution in [0, 0.1) is 6.92 Å². The number of aromatic nitrogens is 4. The molecule has 1 unspecified atom stereocenters. The van der Waals surface area contributed by atoms with Gasteiger partial charge < -0.3 is 25.7 Å². The fourth-order valence-electron chi connectivity index (χ4n) is 4.85. The molecule has 0 saturated carbocycles. The van der Waals surface area contributed by atoms with Crippen molar-refractivity contribution in [2.75, 3.05) is 10.6 Å². The summed E-state index contributed by atoms with van der Waals surface area (Å²) in [6, 6.07) is 7.64. The molecule has 3 aromatic rings. The number of nitrogens with one attached hydrogen (secondary N) is 3. The molecule has 2 fully saturated rings. The van der Waals surface area contributed by atoms with E-state index >= 15 is 0 Å². The van der Waals surface area contributed by atoms with Crippen molar-refractivity contribution in [1.82, 2.24) is 25.1 Å². The van der Waals surface area contributed by atoms with Crippen LogP contribution in [0.1, 0.15) is 37.1 Å². The number of aliphatic hydroxyl groups excluding tert-OH is 1. The number of H-pyrrole nitrogens is 1. The average molecular weight is 423 g/mol. The molecule has 5 N–H and O–H groups in total. The fraction of sp³-hybridized carbons (Fsp3) is 0.429. The Bertz CT molecular complexity index is 1120. The molecule has 0 aliphatic carbocycles. The van der Waals surface area contributed by atoms with Crippen molar-refractivity contribution in [3.05, 3.63) is 35.7 Å². The van der Waals surface area contributed by atoms with Crippen LogP contribution in [0.4, 0.5) is 22.2 Å². The largest absolute Gasteiger partial charge is 0.465 e. The molecule has 0 spiro atoms. The number of rotatable bonds is 5. The molecule has 10 heteroatoms. The number of carboxylic acid groups (broad SMARTS) is 1. The Morgan fingerprint density at radius 1 is 1.19 bits per heavy atom. The number of hydrogen-bond donors (Lipinski definition) is 5. The first-order chi connectivity index (χ1) is 15.0. The lowest BCUT2D eigenvalue weighted by Gasteiger charge is -2.37. The molecule has 0 radical (unpaired) electrons. The summed E-state index contributed by atoms with van der Waals surface area (Å²) in [5.41, 5.74) is 2.23. The number of fused-ring (bicyclic) bond motifs is 3. The fourth-order valence-corrected chi connectivity index (χ4v) is 4.85. The van der Waals surface area contributed by atoms with Crippen LogP contribution in [0.25, 0.3) is 10.9 Å². The highest BCUT2D eigenvalue weighted by molar-refractivity contribution is 5.91. The summed E-state index contributed by atoms with van der Waals surface area (Å²) in [5, 5.41) is 33.7. The summed E-state index contributed by atoms with van der Waals surface area (Å²) >= 11 is 0. The van der Waals surface area contributed by atoms with E-state index in [1.54, 1.807) is 11.0 Å². The first-order valence-corrected chi connectivity index (χ1v) is 10.5. The Hall–Kier alpha value is -3.40. The number of aromatic amines is 1. The third kappa shape index (κ3) is 3.74. The van der Waals surface area contributed by atoms with Gasteiger partial charge in [-0.15, -0.1) is 0 Å². The zero-order valence-electron chi connectivity index (χ0n) is 17.2. The average Bonchev–Trinajstić information content (AvgIpc) is 3.27. The quantitative estimate of drug-likeness (QED) is 0.422. The second kappa shape index (κ2) is 7.69. The van der Waals surface area contributed by atoms with E-state index in [2.05, 4.69) is 25.8 Å². The minimum Gasteiger partial charge on any atom is -0.465 e. The van der Waals surface area contributed by atoms with Gasteiger partial charge >= 0.3 is 6.09 Å². The molecular formula is C21H25N7O3. The highest BCUT2D eigenvalue weighted by Gasteiger charge is 2.43. The standard InChI is InChI=1S/C21H25N7O3/c1-11-6-19(27-26-11)24-18-9-17-16(5-2-12(10-29)22-17)20(25-18)23-13-7-14-3-4-15(8-13)28(14)21(30)31/h2,5-6,9,13-15,29H,3-4,7-8,10H2,1H3,(H,30,31)(H3,23,24,25,26,27)/t13?,14-,15+. The lowest BCUT2D eigenvalue weighted by molar-refractivity contribution is 0.0994. The van der Waals surface area contributed by atoms with Gasteiger partial charge in [0.25, 0.3) is 0 Å². The van der Waals surface area contributed by atoms with E-state index in [9.17, 15) is 15.0 Å². The second-order valence-corrected chi connectivity index (χ2v) is 8.33. The summed E-state index contributed by atoms with van der Waals surface area (Å²) < 4.78 is 0. The summed E-state index contributed by atoms with van der Waals surface area (Å²) in [6.45, 7) is 1.78. The lowest BCUT2D eigenvalue weighted by atomic mass is 9.97. The first kappa shape index (κ1) is 19.6. The molecule has 3 atom stereocenters. The van der Waals surface area contributed by atoms with E-state index in [1.165, 1.54) is 0 Å². The third-order valence-electron chi connectivity index (χ3n) is 6.16. The number of amides is 1. The number of anilines is 3. The topological polar surface area (TPSA) is 139 Å². The Balaban J connectivity index is 1.46. The predicted octanol–water partition coefficient (Wildman–Crippen LogP) is 2.98.